The standard InChI is InChI=1S/C15H19BrClN3/c1-9-5-6-12(16)11(7-9)13(18-3)8-14-15(17)10(2)19-20(14)4/h5-7,13,18H,8H2,1-4H3. The van der Waals surface area contributed by atoms with Gasteiger partial charge in [-0.1, -0.05) is 45.2 Å². The Hall–Kier alpha value is -0.840. The lowest BCUT2D eigenvalue weighted by Gasteiger charge is -2.19. The average Bonchev–Trinajstić information content (AvgIpc) is 2.65. The summed E-state index contributed by atoms with van der Waals surface area (Å²) in [4.78, 5) is 0. The highest BCUT2D eigenvalue weighted by molar-refractivity contribution is 9.10. The van der Waals surface area contributed by atoms with E-state index in [1.54, 1.807) is 0 Å². The molecule has 20 heavy (non-hydrogen) atoms. The molecule has 0 aliphatic carbocycles. The Kier molecular flexibility index (Phi) is 4.89. The summed E-state index contributed by atoms with van der Waals surface area (Å²) in [5.74, 6) is 0. The van der Waals surface area contributed by atoms with Gasteiger partial charge in [-0.05, 0) is 32.5 Å². The smallest absolute Gasteiger partial charge is 0.0847 e. The number of rotatable bonds is 4. The van der Waals surface area contributed by atoms with Crippen LogP contribution in [0.1, 0.15) is 28.6 Å². The topological polar surface area (TPSA) is 29.9 Å². The number of hydrogen-bond acceptors (Lipinski definition) is 2. The van der Waals surface area contributed by atoms with E-state index in [4.69, 9.17) is 11.6 Å². The van der Waals surface area contributed by atoms with Crippen molar-refractivity contribution in [3.63, 3.8) is 0 Å². The van der Waals surface area contributed by atoms with Gasteiger partial charge in [0.15, 0.2) is 0 Å². The summed E-state index contributed by atoms with van der Waals surface area (Å²) in [6.45, 7) is 4.03. The van der Waals surface area contributed by atoms with Gasteiger partial charge in [0.2, 0.25) is 0 Å². The number of nitrogens with one attached hydrogen (secondary N) is 1. The van der Waals surface area contributed by atoms with Crippen LogP contribution < -0.4 is 5.32 Å². The van der Waals surface area contributed by atoms with Gasteiger partial charge >= 0.3 is 0 Å². The van der Waals surface area contributed by atoms with Crippen LogP contribution in [0.15, 0.2) is 22.7 Å². The van der Waals surface area contributed by atoms with Crippen molar-refractivity contribution in [2.75, 3.05) is 7.05 Å². The van der Waals surface area contributed by atoms with Crippen LogP contribution in [0.5, 0.6) is 0 Å². The number of aromatic nitrogens is 2. The molecule has 2 aromatic rings. The minimum atomic E-state index is 0.191. The first-order valence-electron chi connectivity index (χ1n) is 6.55. The summed E-state index contributed by atoms with van der Waals surface area (Å²) in [6.07, 6.45) is 0.800. The van der Waals surface area contributed by atoms with Crippen LogP contribution in [-0.2, 0) is 13.5 Å². The number of aryl methyl sites for hydroxylation is 3. The predicted molar refractivity (Wildman–Crippen MR) is 87.3 cm³/mol. The van der Waals surface area contributed by atoms with Gasteiger partial charge in [-0.15, -0.1) is 0 Å². The lowest BCUT2D eigenvalue weighted by molar-refractivity contribution is 0.559. The molecule has 0 amide bonds. The lowest BCUT2D eigenvalue weighted by Crippen LogP contribution is -2.21. The minimum Gasteiger partial charge on any atom is -0.313 e. The molecule has 1 aromatic heterocycles. The van der Waals surface area contributed by atoms with Crippen molar-refractivity contribution in [1.82, 2.24) is 15.1 Å². The SMILES string of the molecule is CNC(Cc1c(Cl)c(C)nn1C)c1cc(C)ccc1Br. The van der Waals surface area contributed by atoms with Crippen LogP contribution in [0.25, 0.3) is 0 Å². The van der Waals surface area contributed by atoms with Gasteiger partial charge in [0.25, 0.3) is 0 Å². The monoisotopic (exact) mass is 355 g/mol. The van der Waals surface area contributed by atoms with Crippen LogP contribution in [0.3, 0.4) is 0 Å². The molecule has 1 N–H and O–H groups in total. The zero-order chi connectivity index (χ0) is 14.9. The molecule has 1 aromatic carbocycles. The lowest BCUT2D eigenvalue weighted by atomic mass is 10.00. The van der Waals surface area contributed by atoms with E-state index in [9.17, 15) is 0 Å². The van der Waals surface area contributed by atoms with Crippen LogP contribution >= 0.6 is 27.5 Å². The molecule has 0 spiro atoms. The summed E-state index contributed by atoms with van der Waals surface area (Å²) in [5, 5.41) is 8.51. The highest BCUT2D eigenvalue weighted by atomic mass is 79.9. The molecule has 0 bridgehead atoms. The highest BCUT2D eigenvalue weighted by Gasteiger charge is 2.19. The van der Waals surface area contributed by atoms with Gasteiger partial charge in [-0.3, -0.25) is 4.68 Å². The number of likely N-dealkylation sites (N-methyl/N-ethyl adjacent to an activating group) is 1. The van der Waals surface area contributed by atoms with Gasteiger partial charge < -0.3 is 5.32 Å². The fourth-order valence-corrected chi connectivity index (χ4v) is 3.15. The first-order chi connectivity index (χ1) is 9.43. The molecule has 0 saturated carbocycles. The number of nitrogens with zero attached hydrogens (tertiary/aromatic N) is 2. The number of hydrogen-bond donors (Lipinski definition) is 1. The first kappa shape index (κ1) is 15.5. The van der Waals surface area contributed by atoms with Crippen LogP contribution in [-0.4, -0.2) is 16.8 Å². The molecule has 3 nitrogen and oxygen atoms in total. The number of benzene rings is 1. The third kappa shape index (κ3) is 3.08. The highest BCUT2D eigenvalue weighted by Crippen LogP contribution is 2.29. The van der Waals surface area contributed by atoms with Crippen molar-refractivity contribution in [3.05, 3.63) is 50.2 Å². The van der Waals surface area contributed by atoms with E-state index in [0.717, 1.165) is 27.3 Å². The second-order valence-electron chi connectivity index (χ2n) is 5.04. The van der Waals surface area contributed by atoms with E-state index in [2.05, 4.69) is 51.5 Å². The van der Waals surface area contributed by atoms with Crippen molar-refractivity contribution in [3.8, 4) is 0 Å². The summed E-state index contributed by atoms with van der Waals surface area (Å²) in [6, 6.07) is 6.58. The molecule has 1 heterocycles. The Morgan fingerprint density at radius 3 is 2.65 bits per heavy atom. The molecule has 108 valence electrons. The second kappa shape index (κ2) is 6.29. The second-order valence-corrected chi connectivity index (χ2v) is 6.27. The third-order valence-corrected chi connectivity index (χ3v) is 4.75. The molecular formula is C15H19BrClN3. The molecule has 5 heteroatoms. The molecule has 2 rings (SSSR count). The third-order valence-electron chi connectivity index (χ3n) is 3.53. The minimum absolute atomic E-state index is 0.191. The summed E-state index contributed by atoms with van der Waals surface area (Å²) >= 11 is 9.98. The van der Waals surface area contributed by atoms with Crippen LogP contribution in [0, 0.1) is 13.8 Å². The molecule has 0 aliphatic rings. The fraction of sp³-hybridized carbons (Fsp3) is 0.400. The van der Waals surface area contributed by atoms with Crippen LogP contribution in [0.2, 0.25) is 5.02 Å². The number of halogens is 2. The van der Waals surface area contributed by atoms with Gasteiger partial charge in [0, 0.05) is 24.0 Å². The van der Waals surface area contributed by atoms with E-state index < -0.39 is 0 Å². The van der Waals surface area contributed by atoms with Crippen molar-refractivity contribution in [2.45, 2.75) is 26.3 Å². The van der Waals surface area contributed by atoms with Crippen molar-refractivity contribution >= 4 is 27.5 Å². The summed E-state index contributed by atoms with van der Waals surface area (Å²) in [5.41, 5.74) is 4.41. The Balaban J connectivity index is 2.36. The van der Waals surface area contributed by atoms with E-state index in [1.165, 1.54) is 11.1 Å². The molecule has 0 radical (unpaired) electrons. The van der Waals surface area contributed by atoms with E-state index in [-0.39, 0.29) is 6.04 Å². The maximum Gasteiger partial charge on any atom is 0.0847 e. The maximum atomic E-state index is 6.35. The Morgan fingerprint density at radius 2 is 2.10 bits per heavy atom. The zero-order valence-electron chi connectivity index (χ0n) is 12.2. The van der Waals surface area contributed by atoms with E-state index in [1.807, 2.05) is 25.7 Å². The maximum absolute atomic E-state index is 6.35. The largest absolute Gasteiger partial charge is 0.313 e. The summed E-state index contributed by atoms with van der Waals surface area (Å²) < 4.78 is 2.98. The van der Waals surface area contributed by atoms with Gasteiger partial charge in [-0.25, -0.2) is 0 Å². The van der Waals surface area contributed by atoms with Crippen molar-refractivity contribution in [1.29, 1.82) is 0 Å². The molecule has 1 atom stereocenters. The zero-order valence-corrected chi connectivity index (χ0v) is 14.5. The van der Waals surface area contributed by atoms with Crippen molar-refractivity contribution < 1.29 is 0 Å². The normalized spacial score (nSPS) is 12.7. The first-order valence-corrected chi connectivity index (χ1v) is 7.72. The quantitative estimate of drug-likeness (QED) is 0.899. The van der Waals surface area contributed by atoms with E-state index in [0.29, 0.717) is 0 Å². The van der Waals surface area contributed by atoms with Crippen molar-refractivity contribution in [2.24, 2.45) is 7.05 Å². The van der Waals surface area contributed by atoms with Crippen LogP contribution in [0.4, 0.5) is 0 Å². The van der Waals surface area contributed by atoms with Gasteiger partial charge in [-0.2, -0.15) is 5.10 Å². The molecule has 0 fully saturated rings. The van der Waals surface area contributed by atoms with E-state index >= 15 is 0 Å². The Morgan fingerprint density at radius 1 is 1.40 bits per heavy atom. The fourth-order valence-electron chi connectivity index (χ4n) is 2.39. The van der Waals surface area contributed by atoms with Gasteiger partial charge in [0.05, 0.1) is 16.4 Å². The molecule has 1 unspecified atom stereocenters. The molecule has 0 saturated heterocycles. The Labute approximate surface area is 133 Å². The summed E-state index contributed by atoms with van der Waals surface area (Å²) in [7, 11) is 3.91. The average molecular weight is 357 g/mol. The predicted octanol–water partition coefficient (Wildman–Crippen LogP) is 3.96. The Bertz CT molecular complexity index is 622. The molecular weight excluding hydrogens is 338 g/mol. The van der Waals surface area contributed by atoms with Gasteiger partial charge in [0.1, 0.15) is 0 Å². The molecule has 0 aliphatic heterocycles.